The first-order valence-corrected chi connectivity index (χ1v) is 13.8. The first-order valence-electron chi connectivity index (χ1n) is 11.5. The average Bonchev–Trinajstić information content (AvgIpc) is 3.29. The molecule has 1 aromatic heterocycles. The van der Waals surface area contributed by atoms with E-state index < -0.39 is 10.0 Å². The Balaban J connectivity index is 1.21. The minimum atomic E-state index is -3.60. The summed E-state index contributed by atoms with van der Waals surface area (Å²) in [5, 5.41) is 3.57. The summed E-state index contributed by atoms with van der Waals surface area (Å²) in [6.45, 7) is 7.77. The lowest BCUT2D eigenvalue weighted by molar-refractivity contribution is -0.114. The van der Waals surface area contributed by atoms with Gasteiger partial charge in [-0.1, -0.05) is 29.8 Å². The molecule has 0 spiro atoms. The maximum absolute atomic E-state index is 12.6. The van der Waals surface area contributed by atoms with E-state index in [2.05, 4.69) is 55.4 Å². The third-order valence-electron chi connectivity index (χ3n) is 5.79. The van der Waals surface area contributed by atoms with Gasteiger partial charge in [-0.05, 0) is 36.8 Å². The summed E-state index contributed by atoms with van der Waals surface area (Å²) in [6.07, 6.45) is 0.729. The van der Waals surface area contributed by atoms with Gasteiger partial charge in [0.2, 0.25) is 21.1 Å². The zero-order chi connectivity index (χ0) is 24.8. The van der Waals surface area contributed by atoms with E-state index in [1.165, 1.54) is 41.7 Å². The Bertz CT molecular complexity index is 1240. The summed E-state index contributed by atoms with van der Waals surface area (Å²) in [6, 6.07) is 14.6. The van der Waals surface area contributed by atoms with Crippen LogP contribution in [0.4, 0.5) is 10.8 Å². The van der Waals surface area contributed by atoms with Gasteiger partial charge in [-0.25, -0.2) is 18.1 Å². The molecule has 1 saturated heterocycles. The van der Waals surface area contributed by atoms with Gasteiger partial charge >= 0.3 is 0 Å². The second-order valence-electron chi connectivity index (χ2n) is 8.59. The number of aromatic nitrogens is 2. The molecule has 0 bridgehead atoms. The van der Waals surface area contributed by atoms with E-state index in [9.17, 15) is 13.2 Å². The van der Waals surface area contributed by atoms with Gasteiger partial charge < -0.3 is 10.2 Å². The summed E-state index contributed by atoms with van der Waals surface area (Å²) in [7, 11) is -3.60. The molecule has 4 rings (SSSR count). The molecule has 1 amide bonds. The Morgan fingerprint density at radius 3 is 2.37 bits per heavy atom. The SMILES string of the molecule is CC(=O)Nc1ccc(S(=O)(=O)NCCN2CCN(c3nc(Cc4ccc(C)cc4)ns3)CC2)cc1. The van der Waals surface area contributed by atoms with E-state index in [-0.39, 0.29) is 10.8 Å². The van der Waals surface area contributed by atoms with Crippen LogP contribution in [-0.2, 0) is 21.2 Å². The molecule has 0 radical (unpaired) electrons. The van der Waals surface area contributed by atoms with Crippen molar-refractivity contribution in [2.75, 3.05) is 49.5 Å². The predicted octanol–water partition coefficient (Wildman–Crippen LogP) is 2.50. The highest BCUT2D eigenvalue weighted by Gasteiger charge is 2.21. The second kappa shape index (κ2) is 11.3. The molecule has 1 aliphatic heterocycles. The van der Waals surface area contributed by atoms with Gasteiger partial charge in [0.25, 0.3) is 0 Å². The topological polar surface area (TPSA) is 108 Å². The maximum Gasteiger partial charge on any atom is 0.240 e. The van der Waals surface area contributed by atoms with Crippen LogP contribution < -0.4 is 14.9 Å². The fourth-order valence-corrected chi connectivity index (χ4v) is 5.60. The standard InChI is InChI=1S/C24H30N6O3S2/c1-18-3-5-20(6-4-18)17-23-27-24(34-28-23)30-15-13-29(14-16-30)12-11-25-35(32,33)22-9-7-21(8-10-22)26-19(2)31/h3-10,25H,11-17H2,1-2H3,(H,26,31). The maximum atomic E-state index is 12.6. The summed E-state index contributed by atoms with van der Waals surface area (Å²) in [5.41, 5.74) is 3.01. The van der Waals surface area contributed by atoms with Crippen LogP contribution in [0.3, 0.4) is 0 Å². The van der Waals surface area contributed by atoms with Crippen LogP contribution in [0.5, 0.6) is 0 Å². The minimum Gasteiger partial charge on any atom is -0.344 e. The zero-order valence-electron chi connectivity index (χ0n) is 19.9. The number of hydrogen-bond donors (Lipinski definition) is 2. The third-order valence-corrected chi connectivity index (χ3v) is 8.08. The number of carbonyl (C=O) groups is 1. The summed E-state index contributed by atoms with van der Waals surface area (Å²) in [4.78, 5) is 20.5. The molecule has 186 valence electrons. The number of nitrogens with zero attached hydrogens (tertiary/aromatic N) is 4. The first kappa shape index (κ1) is 25.2. The highest BCUT2D eigenvalue weighted by molar-refractivity contribution is 7.89. The minimum absolute atomic E-state index is 0.175. The van der Waals surface area contributed by atoms with Crippen LogP contribution in [0.2, 0.25) is 0 Å². The van der Waals surface area contributed by atoms with Gasteiger partial charge in [-0.15, -0.1) is 0 Å². The molecule has 3 aromatic rings. The Labute approximate surface area is 210 Å². The lowest BCUT2D eigenvalue weighted by Gasteiger charge is -2.34. The van der Waals surface area contributed by atoms with Crippen LogP contribution in [0.1, 0.15) is 23.9 Å². The number of hydrogen-bond acceptors (Lipinski definition) is 8. The number of aryl methyl sites for hydroxylation is 1. The van der Waals surface area contributed by atoms with Gasteiger partial charge in [0.05, 0.1) is 4.90 Å². The monoisotopic (exact) mass is 514 g/mol. The number of carbonyl (C=O) groups excluding carboxylic acids is 1. The molecule has 9 nitrogen and oxygen atoms in total. The Hall–Kier alpha value is -2.86. The van der Waals surface area contributed by atoms with E-state index in [0.717, 1.165) is 43.6 Å². The van der Waals surface area contributed by atoms with Gasteiger partial charge in [0.1, 0.15) is 5.82 Å². The summed E-state index contributed by atoms with van der Waals surface area (Å²) < 4.78 is 32.3. The van der Waals surface area contributed by atoms with Crippen LogP contribution in [0, 0.1) is 6.92 Å². The molecular formula is C24H30N6O3S2. The van der Waals surface area contributed by atoms with Crippen LogP contribution in [0.15, 0.2) is 53.4 Å². The van der Waals surface area contributed by atoms with Crippen molar-refractivity contribution in [1.82, 2.24) is 19.0 Å². The van der Waals surface area contributed by atoms with Crippen molar-refractivity contribution in [3.8, 4) is 0 Å². The zero-order valence-corrected chi connectivity index (χ0v) is 21.5. The third kappa shape index (κ3) is 7.07. The number of anilines is 2. The highest BCUT2D eigenvalue weighted by Crippen LogP contribution is 2.21. The van der Waals surface area contributed by atoms with Gasteiger partial charge in [-0.2, -0.15) is 4.37 Å². The summed E-state index contributed by atoms with van der Waals surface area (Å²) >= 11 is 1.43. The number of piperazine rings is 1. The number of amides is 1. The van der Waals surface area contributed by atoms with Gasteiger partial charge in [0, 0.05) is 69.8 Å². The van der Waals surface area contributed by atoms with E-state index in [0.29, 0.717) is 18.8 Å². The molecule has 0 aliphatic carbocycles. The Morgan fingerprint density at radius 2 is 1.71 bits per heavy atom. The van der Waals surface area contributed by atoms with E-state index in [1.54, 1.807) is 12.1 Å². The van der Waals surface area contributed by atoms with Crippen molar-refractivity contribution in [2.24, 2.45) is 0 Å². The quantitative estimate of drug-likeness (QED) is 0.452. The van der Waals surface area contributed by atoms with Crippen molar-refractivity contribution in [3.05, 3.63) is 65.5 Å². The number of nitrogens with one attached hydrogen (secondary N) is 2. The van der Waals surface area contributed by atoms with Crippen molar-refractivity contribution in [1.29, 1.82) is 0 Å². The molecule has 35 heavy (non-hydrogen) atoms. The van der Waals surface area contributed by atoms with E-state index >= 15 is 0 Å². The lowest BCUT2D eigenvalue weighted by atomic mass is 10.1. The molecule has 2 heterocycles. The smallest absolute Gasteiger partial charge is 0.240 e. The van der Waals surface area contributed by atoms with Crippen LogP contribution in [-0.4, -0.2) is 67.9 Å². The van der Waals surface area contributed by atoms with Gasteiger partial charge in [-0.3, -0.25) is 9.69 Å². The van der Waals surface area contributed by atoms with Crippen molar-refractivity contribution >= 4 is 38.3 Å². The lowest BCUT2D eigenvalue weighted by Crippen LogP contribution is -2.48. The first-order chi connectivity index (χ1) is 16.8. The molecule has 11 heteroatoms. The normalized spacial score (nSPS) is 14.7. The molecule has 0 saturated carbocycles. The second-order valence-corrected chi connectivity index (χ2v) is 11.1. The highest BCUT2D eigenvalue weighted by atomic mass is 32.2. The van der Waals surface area contributed by atoms with Crippen molar-refractivity contribution < 1.29 is 13.2 Å². The average molecular weight is 515 g/mol. The van der Waals surface area contributed by atoms with Crippen molar-refractivity contribution in [3.63, 3.8) is 0 Å². The number of sulfonamides is 1. The van der Waals surface area contributed by atoms with Gasteiger partial charge in [0.15, 0.2) is 0 Å². The van der Waals surface area contributed by atoms with Crippen molar-refractivity contribution in [2.45, 2.75) is 25.2 Å². The van der Waals surface area contributed by atoms with Crippen LogP contribution in [0.25, 0.3) is 0 Å². The molecular weight excluding hydrogens is 484 g/mol. The largest absolute Gasteiger partial charge is 0.344 e. The van der Waals surface area contributed by atoms with E-state index in [1.807, 2.05) is 0 Å². The summed E-state index contributed by atoms with van der Waals surface area (Å²) in [5.74, 6) is 0.642. The molecule has 0 atom stereocenters. The molecule has 0 unspecified atom stereocenters. The number of benzene rings is 2. The molecule has 2 N–H and O–H groups in total. The molecule has 1 fully saturated rings. The number of rotatable bonds is 9. The molecule has 1 aliphatic rings. The fourth-order valence-electron chi connectivity index (χ4n) is 3.84. The van der Waals surface area contributed by atoms with E-state index in [4.69, 9.17) is 4.98 Å². The Kier molecular flexibility index (Phi) is 8.11. The predicted molar refractivity (Wildman–Crippen MR) is 138 cm³/mol. The van der Waals surface area contributed by atoms with Crippen LogP contribution >= 0.6 is 11.5 Å². The molecule has 2 aromatic carbocycles. The fraction of sp³-hybridized carbons (Fsp3) is 0.375. The Morgan fingerprint density at radius 1 is 1.03 bits per heavy atom.